The van der Waals surface area contributed by atoms with Crippen LogP contribution in [0.25, 0.3) is 0 Å². The van der Waals surface area contributed by atoms with E-state index in [-0.39, 0.29) is 17.5 Å². The van der Waals surface area contributed by atoms with Crippen molar-refractivity contribution in [3.8, 4) is 0 Å². The number of alkyl halides is 3. The smallest absolute Gasteiger partial charge is 0.416 e. The average Bonchev–Trinajstić information content (AvgIpc) is 2.40. The molecule has 6 heteroatoms. The second-order valence-corrected chi connectivity index (χ2v) is 4.48. The minimum atomic E-state index is -4.42. The van der Waals surface area contributed by atoms with Crippen LogP contribution < -0.4 is 0 Å². The molecule has 0 bridgehead atoms. The molecule has 2 rings (SSSR count). The van der Waals surface area contributed by atoms with Gasteiger partial charge in [0.05, 0.1) is 11.1 Å². The molecule has 0 heterocycles. The van der Waals surface area contributed by atoms with Crippen molar-refractivity contribution in [2.45, 2.75) is 12.6 Å². The number of carboxylic acids is 1. The molecule has 0 amide bonds. The van der Waals surface area contributed by atoms with Gasteiger partial charge in [-0.3, -0.25) is 0 Å². The second-order valence-electron chi connectivity index (χ2n) is 4.48. The fourth-order valence-corrected chi connectivity index (χ4v) is 1.87. The Morgan fingerprint density at radius 2 is 1.67 bits per heavy atom. The van der Waals surface area contributed by atoms with Gasteiger partial charge in [0.1, 0.15) is 5.82 Å². The van der Waals surface area contributed by atoms with Gasteiger partial charge < -0.3 is 5.11 Å². The molecule has 0 atom stereocenters. The predicted octanol–water partition coefficient (Wildman–Crippen LogP) is 4.13. The van der Waals surface area contributed by atoms with Crippen LogP contribution in [0.15, 0.2) is 42.5 Å². The molecule has 2 nitrogen and oxygen atoms in total. The largest absolute Gasteiger partial charge is 0.478 e. The van der Waals surface area contributed by atoms with Gasteiger partial charge in [-0.05, 0) is 41.5 Å². The lowest BCUT2D eigenvalue weighted by molar-refractivity contribution is -0.137. The SMILES string of the molecule is O=C(O)c1ccc(F)c(Cc2ccc(C(F)(F)F)cc2)c1. The Bertz CT molecular complexity index is 660. The molecule has 0 saturated carbocycles. The zero-order valence-electron chi connectivity index (χ0n) is 10.6. The van der Waals surface area contributed by atoms with E-state index in [2.05, 4.69) is 0 Å². The molecule has 0 aromatic heterocycles. The third-order valence-electron chi connectivity index (χ3n) is 2.97. The minimum absolute atomic E-state index is 0.0189. The van der Waals surface area contributed by atoms with Crippen molar-refractivity contribution in [1.82, 2.24) is 0 Å². The van der Waals surface area contributed by atoms with E-state index in [0.29, 0.717) is 5.56 Å². The number of aromatic carboxylic acids is 1. The number of hydrogen-bond donors (Lipinski definition) is 1. The molecule has 0 aliphatic rings. The maximum absolute atomic E-state index is 13.6. The number of benzene rings is 2. The molecule has 21 heavy (non-hydrogen) atoms. The summed E-state index contributed by atoms with van der Waals surface area (Å²) in [6.45, 7) is 0. The van der Waals surface area contributed by atoms with Gasteiger partial charge in [0.25, 0.3) is 0 Å². The Morgan fingerprint density at radius 3 is 2.19 bits per heavy atom. The summed E-state index contributed by atoms with van der Waals surface area (Å²) in [4.78, 5) is 10.8. The second kappa shape index (κ2) is 5.55. The lowest BCUT2D eigenvalue weighted by Gasteiger charge is -2.08. The highest BCUT2D eigenvalue weighted by Crippen LogP contribution is 2.29. The first-order valence-electron chi connectivity index (χ1n) is 5.95. The van der Waals surface area contributed by atoms with Gasteiger partial charge in [0.15, 0.2) is 0 Å². The van der Waals surface area contributed by atoms with Crippen molar-refractivity contribution in [1.29, 1.82) is 0 Å². The fourth-order valence-electron chi connectivity index (χ4n) is 1.87. The summed E-state index contributed by atoms with van der Waals surface area (Å²) in [6, 6.07) is 7.65. The maximum Gasteiger partial charge on any atom is 0.416 e. The third kappa shape index (κ3) is 3.59. The van der Waals surface area contributed by atoms with E-state index in [1.54, 1.807) is 0 Å². The van der Waals surface area contributed by atoms with E-state index in [1.807, 2.05) is 0 Å². The summed E-state index contributed by atoms with van der Waals surface area (Å²) in [6.07, 6.45) is -4.40. The van der Waals surface area contributed by atoms with Gasteiger partial charge in [-0.15, -0.1) is 0 Å². The quantitative estimate of drug-likeness (QED) is 0.865. The highest BCUT2D eigenvalue weighted by molar-refractivity contribution is 5.87. The van der Waals surface area contributed by atoms with Crippen LogP contribution in [0.1, 0.15) is 27.0 Å². The number of carboxylic acid groups (broad SMARTS) is 1. The first-order chi connectivity index (χ1) is 9.77. The van der Waals surface area contributed by atoms with Gasteiger partial charge in [0.2, 0.25) is 0 Å². The van der Waals surface area contributed by atoms with E-state index in [1.165, 1.54) is 18.2 Å². The molecule has 0 saturated heterocycles. The van der Waals surface area contributed by atoms with Crippen molar-refractivity contribution >= 4 is 5.97 Å². The van der Waals surface area contributed by atoms with Crippen LogP contribution in [-0.4, -0.2) is 11.1 Å². The standard InChI is InChI=1S/C15H10F4O2/c16-13-6-3-10(14(20)21)8-11(13)7-9-1-4-12(5-2-9)15(17,18)19/h1-6,8H,7H2,(H,20,21). The zero-order valence-corrected chi connectivity index (χ0v) is 10.6. The van der Waals surface area contributed by atoms with Crippen molar-refractivity contribution in [2.75, 3.05) is 0 Å². The average molecular weight is 298 g/mol. The molecule has 2 aromatic rings. The summed E-state index contributed by atoms with van der Waals surface area (Å²) in [5, 5.41) is 8.84. The van der Waals surface area contributed by atoms with Crippen LogP contribution >= 0.6 is 0 Å². The number of hydrogen-bond acceptors (Lipinski definition) is 1. The van der Waals surface area contributed by atoms with E-state index in [9.17, 15) is 22.4 Å². The molecule has 0 unspecified atom stereocenters. The minimum Gasteiger partial charge on any atom is -0.478 e. The molecule has 0 fully saturated rings. The molecular formula is C15H10F4O2. The third-order valence-corrected chi connectivity index (χ3v) is 2.97. The summed E-state index contributed by atoms with van der Waals surface area (Å²) < 4.78 is 50.9. The fraction of sp³-hybridized carbons (Fsp3) is 0.133. The normalized spacial score (nSPS) is 11.4. The Kier molecular flexibility index (Phi) is 3.97. The Labute approximate surface area is 117 Å². The van der Waals surface area contributed by atoms with Gasteiger partial charge in [0, 0.05) is 6.42 Å². The zero-order chi connectivity index (χ0) is 15.6. The van der Waals surface area contributed by atoms with Crippen LogP contribution in [0.4, 0.5) is 17.6 Å². The summed E-state index contributed by atoms with van der Waals surface area (Å²) >= 11 is 0. The van der Waals surface area contributed by atoms with Crippen LogP contribution in [0, 0.1) is 5.82 Å². The van der Waals surface area contributed by atoms with Gasteiger partial charge in [-0.2, -0.15) is 13.2 Å². The molecule has 0 aliphatic carbocycles. The number of halogens is 4. The van der Waals surface area contributed by atoms with Crippen molar-refractivity contribution in [3.05, 3.63) is 70.5 Å². The highest BCUT2D eigenvalue weighted by atomic mass is 19.4. The van der Waals surface area contributed by atoms with E-state index in [0.717, 1.165) is 24.3 Å². The van der Waals surface area contributed by atoms with Gasteiger partial charge in [-0.25, -0.2) is 9.18 Å². The van der Waals surface area contributed by atoms with Crippen LogP contribution in [0.3, 0.4) is 0 Å². The monoisotopic (exact) mass is 298 g/mol. The van der Waals surface area contributed by atoms with E-state index in [4.69, 9.17) is 5.11 Å². The summed E-state index contributed by atoms with van der Waals surface area (Å²) in [5.74, 6) is -1.79. The first kappa shape index (κ1) is 15.0. The van der Waals surface area contributed by atoms with Crippen LogP contribution in [0.5, 0.6) is 0 Å². The predicted molar refractivity (Wildman–Crippen MR) is 67.6 cm³/mol. The van der Waals surface area contributed by atoms with Crippen LogP contribution in [0.2, 0.25) is 0 Å². The van der Waals surface area contributed by atoms with Crippen molar-refractivity contribution in [2.24, 2.45) is 0 Å². The topological polar surface area (TPSA) is 37.3 Å². The lowest BCUT2D eigenvalue weighted by Crippen LogP contribution is -2.05. The maximum atomic E-state index is 13.6. The number of rotatable bonds is 3. The summed E-state index contributed by atoms with van der Waals surface area (Å²) in [5.41, 5.74) is -0.275. The first-order valence-corrected chi connectivity index (χ1v) is 5.95. The molecule has 0 radical (unpaired) electrons. The van der Waals surface area contributed by atoms with Gasteiger partial charge >= 0.3 is 12.1 Å². The van der Waals surface area contributed by atoms with E-state index < -0.39 is 23.5 Å². The van der Waals surface area contributed by atoms with Crippen LogP contribution in [-0.2, 0) is 12.6 Å². The Balaban J connectivity index is 2.26. The highest BCUT2D eigenvalue weighted by Gasteiger charge is 2.29. The number of carbonyl (C=O) groups is 1. The molecular weight excluding hydrogens is 288 g/mol. The lowest BCUT2D eigenvalue weighted by atomic mass is 10.0. The molecule has 0 spiro atoms. The molecule has 2 aromatic carbocycles. The molecule has 110 valence electrons. The van der Waals surface area contributed by atoms with Gasteiger partial charge in [-0.1, -0.05) is 12.1 Å². The van der Waals surface area contributed by atoms with E-state index >= 15 is 0 Å². The molecule has 1 N–H and O–H groups in total. The Morgan fingerprint density at radius 1 is 1.05 bits per heavy atom. The Hall–Kier alpha value is -2.37. The summed E-state index contributed by atoms with van der Waals surface area (Å²) in [7, 11) is 0. The van der Waals surface area contributed by atoms with Crippen molar-refractivity contribution in [3.63, 3.8) is 0 Å². The van der Waals surface area contributed by atoms with Crippen molar-refractivity contribution < 1.29 is 27.5 Å². The molecule has 0 aliphatic heterocycles.